The van der Waals surface area contributed by atoms with Gasteiger partial charge in [0, 0.05) is 0 Å². The van der Waals surface area contributed by atoms with Gasteiger partial charge in [0.15, 0.2) is 0 Å². The molecule has 0 unspecified atom stereocenters. The molecular formula is C10H9F3N4O. The Bertz CT molecular complexity index is 524. The number of rotatable bonds is 3. The first-order chi connectivity index (χ1) is 8.49. The van der Waals surface area contributed by atoms with Gasteiger partial charge in [-0.25, -0.2) is 4.68 Å². The second-order valence-corrected chi connectivity index (χ2v) is 3.45. The monoisotopic (exact) mass is 258 g/mol. The summed E-state index contributed by atoms with van der Waals surface area (Å²) in [6, 6.07) is 4.03. The Hall–Kier alpha value is -2.12. The summed E-state index contributed by atoms with van der Waals surface area (Å²) >= 11 is 0. The number of aromatic nitrogens is 4. The van der Waals surface area contributed by atoms with Crippen LogP contribution in [0.5, 0.6) is 5.75 Å². The predicted octanol–water partition coefficient (Wildman–Crippen LogP) is 2.12. The minimum atomic E-state index is -4.69. The molecule has 1 aromatic heterocycles. The first-order valence-corrected chi connectivity index (χ1v) is 5.11. The van der Waals surface area contributed by atoms with Crippen LogP contribution in [-0.2, 0) is 6.42 Å². The molecule has 0 amide bonds. The van der Waals surface area contributed by atoms with E-state index in [2.05, 4.69) is 20.3 Å². The highest BCUT2D eigenvalue weighted by atomic mass is 19.4. The second-order valence-electron chi connectivity index (χ2n) is 3.45. The van der Waals surface area contributed by atoms with Crippen molar-refractivity contribution in [2.75, 3.05) is 0 Å². The van der Waals surface area contributed by atoms with Crippen LogP contribution < -0.4 is 4.74 Å². The Kier molecular flexibility index (Phi) is 3.17. The van der Waals surface area contributed by atoms with Crippen molar-refractivity contribution >= 4 is 0 Å². The average molecular weight is 258 g/mol. The van der Waals surface area contributed by atoms with Gasteiger partial charge in [-0.3, -0.25) is 0 Å². The number of alkyl halides is 3. The normalized spacial score (nSPS) is 11.6. The van der Waals surface area contributed by atoms with Gasteiger partial charge in [-0.15, -0.1) is 18.3 Å². The van der Waals surface area contributed by atoms with Crippen LogP contribution >= 0.6 is 0 Å². The molecule has 0 aliphatic carbocycles. The summed E-state index contributed by atoms with van der Waals surface area (Å²) < 4.78 is 41.5. The van der Waals surface area contributed by atoms with Crippen molar-refractivity contribution in [2.24, 2.45) is 0 Å². The maximum Gasteiger partial charge on any atom is 0.573 e. The minimum absolute atomic E-state index is 0.254. The molecule has 5 nitrogen and oxygen atoms in total. The van der Waals surface area contributed by atoms with Gasteiger partial charge in [0.05, 0.1) is 5.69 Å². The fourth-order valence-electron chi connectivity index (χ4n) is 1.54. The number of nitrogens with zero attached hydrogens (tertiary/aromatic N) is 4. The molecule has 0 saturated carbocycles. The van der Waals surface area contributed by atoms with Crippen molar-refractivity contribution in [2.45, 2.75) is 19.7 Å². The van der Waals surface area contributed by atoms with E-state index in [1.165, 1.54) is 29.2 Å². The van der Waals surface area contributed by atoms with E-state index < -0.39 is 6.36 Å². The Morgan fingerprint density at radius 2 is 2.11 bits per heavy atom. The lowest BCUT2D eigenvalue weighted by Crippen LogP contribution is -2.17. The molecule has 0 fully saturated rings. The number of ether oxygens (including phenoxy) is 1. The molecule has 8 heteroatoms. The van der Waals surface area contributed by atoms with Crippen molar-refractivity contribution in [3.63, 3.8) is 0 Å². The van der Waals surface area contributed by atoms with Crippen LogP contribution in [0.1, 0.15) is 12.5 Å². The summed E-state index contributed by atoms with van der Waals surface area (Å²) in [5.41, 5.74) is 1.28. The van der Waals surface area contributed by atoms with Crippen molar-refractivity contribution in [3.05, 3.63) is 30.1 Å². The molecule has 2 aromatic rings. The third-order valence-electron chi connectivity index (χ3n) is 2.26. The lowest BCUT2D eigenvalue weighted by molar-refractivity contribution is -0.274. The van der Waals surface area contributed by atoms with Crippen molar-refractivity contribution < 1.29 is 17.9 Å². The van der Waals surface area contributed by atoms with E-state index in [1.807, 2.05) is 6.92 Å². The molecule has 96 valence electrons. The Morgan fingerprint density at radius 1 is 1.33 bits per heavy atom. The Morgan fingerprint density at radius 3 is 2.67 bits per heavy atom. The van der Waals surface area contributed by atoms with Crippen molar-refractivity contribution in [1.29, 1.82) is 0 Å². The zero-order valence-electron chi connectivity index (χ0n) is 9.35. The zero-order valence-corrected chi connectivity index (χ0v) is 9.35. The van der Waals surface area contributed by atoms with Gasteiger partial charge in [0.2, 0.25) is 0 Å². The lowest BCUT2D eigenvalue weighted by atomic mass is 10.1. The van der Waals surface area contributed by atoms with Crippen molar-refractivity contribution in [3.8, 4) is 11.4 Å². The van der Waals surface area contributed by atoms with Gasteiger partial charge >= 0.3 is 6.36 Å². The molecular weight excluding hydrogens is 249 g/mol. The van der Waals surface area contributed by atoms with E-state index >= 15 is 0 Å². The van der Waals surface area contributed by atoms with Crippen LogP contribution in [0.3, 0.4) is 0 Å². The molecule has 0 saturated heterocycles. The van der Waals surface area contributed by atoms with E-state index in [0.29, 0.717) is 17.7 Å². The van der Waals surface area contributed by atoms with Crippen LogP contribution in [0.25, 0.3) is 5.69 Å². The maximum absolute atomic E-state index is 12.1. The molecule has 1 heterocycles. The first kappa shape index (κ1) is 12.3. The highest BCUT2D eigenvalue weighted by Gasteiger charge is 2.31. The number of aryl methyl sites for hydroxylation is 1. The summed E-state index contributed by atoms with van der Waals surface area (Å²) in [6.07, 6.45) is -2.79. The highest BCUT2D eigenvalue weighted by Crippen LogP contribution is 2.26. The molecule has 0 spiro atoms. The fourth-order valence-corrected chi connectivity index (χ4v) is 1.54. The van der Waals surface area contributed by atoms with Crippen molar-refractivity contribution in [1.82, 2.24) is 20.2 Å². The molecule has 2 rings (SSSR count). The van der Waals surface area contributed by atoms with Crippen LogP contribution in [0, 0.1) is 0 Å². The van der Waals surface area contributed by atoms with Gasteiger partial charge in [0.1, 0.15) is 12.1 Å². The summed E-state index contributed by atoms with van der Waals surface area (Å²) in [5, 5.41) is 10.6. The summed E-state index contributed by atoms with van der Waals surface area (Å²) in [5.74, 6) is -0.254. The van der Waals surface area contributed by atoms with Gasteiger partial charge in [-0.2, -0.15) is 0 Å². The summed E-state index contributed by atoms with van der Waals surface area (Å²) in [7, 11) is 0. The molecule has 0 atom stereocenters. The largest absolute Gasteiger partial charge is 0.573 e. The lowest BCUT2D eigenvalue weighted by Gasteiger charge is -2.12. The first-order valence-electron chi connectivity index (χ1n) is 5.11. The number of benzene rings is 1. The average Bonchev–Trinajstić information content (AvgIpc) is 2.80. The Labute approximate surface area is 100 Å². The van der Waals surface area contributed by atoms with Gasteiger partial charge < -0.3 is 4.74 Å². The summed E-state index contributed by atoms with van der Waals surface area (Å²) in [6.45, 7) is 1.82. The van der Waals surface area contributed by atoms with E-state index in [4.69, 9.17) is 0 Å². The third-order valence-corrected chi connectivity index (χ3v) is 2.26. The van der Waals surface area contributed by atoms with Crippen LogP contribution in [0.2, 0.25) is 0 Å². The van der Waals surface area contributed by atoms with Gasteiger partial charge in [-0.1, -0.05) is 6.92 Å². The predicted molar refractivity (Wildman–Crippen MR) is 55.2 cm³/mol. The van der Waals surface area contributed by atoms with Gasteiger partial charge in [-0.05, 0) is 40.6 Å². The molecule has 1 aromatic carbocycles. The molecule has 0 bridgehead atoms. The Balaban J connectivity index is 2.35. The standard InChI is InChI=1S/C10H9F3N4O/c1-2-7-5-8(18-10(11,12)13)3-4-9(7)17-6-14-15-16-17/h3-6H,2H2,1H3. The van der Waals surface area contributed by atoms with E-state index in [-0.39, 0.29) is 5.75 Å². The topological polar surface area (TPSA) is 52.8 Å². The molecule has 0 aliphatic rings. The number of hydrogen-bond acceptors (Lipinski definition) is 4. The third kappa shape index (κ3) is 2.76. The van der Waals surface area contributed by atoms with E-state index in [1.54, 1.807) is 0 Å². The van der Waals surface area contributed by atoms with Crippen LogP contribution in [0.15, 0.2) is 24.5 Å². The number of halogens is 3. The zero-order chi connectivity index (χ0) is 13.2. The van der Waals surface area contributed by atoms with Crippen LogP contribution in [-0.4, -0.2) is 26.6 Å². The minimum Gasteiger partial charge on any atom is -0.406 e. The van der Waals surface area contributed by atoms with Gasteiger partial charge in [0.25, 0.3) is 0 Å². The second kappa shape index (κ2) is 4.63. The molecule has 0 aliphatic heterocycles. The van der Waals surface area contributed by atoms with Crippen LogP contribution in [0.4, 0.5) is 13.2 Å². The fraction of sp³-hybridized carbons (Fsp3) is 0.300. The number of tetrazole rings is 1. The maximum atomic E-state index is 12.1. The highest BCUT2D eigenvalue weighted by molar-refractivity contribution is 5.45. The molecule has 0 N–H and O–H groups in total. The molecule has 18 heavy (non-hydrogen) atoms. The quantitative estimate of drug-likeness (QED) is 0.846. The number of hydrogen-bond donors (Lipinski definition) is 0. The molecule has 0 radical (unpaired) electrons. The van der Waals surface area contributed by atoms with E-state index in [0.717, 1.165) is 0 Å². The SMILES string of the molecule is CCc1cc(OC(F)(F)F)ccc1-n1cnnn1. The summed E-state index contributed by atoms with van der Waals surface area (Å²) in [4.78, 5) is 0. The van der Waals surface area contributed by atoms with E-state index in [9.17, 15) is 13.2 Å². The smallest absolute Gasteiger partial charge is 0.406 e.